The average molecular weight is 646 g/mol. The first-order valence-corrected chi connectivity index (χ1v) is 13.3. The zero-order chi connectivity index (χ0) is 32.2. The lowest BCUT2D eigenvalue weighted by atomic mass is 9.98. The molecular formula is C18H22F3N9O10S2. The molecule has 3 rings (SSSR count). The van der Waals surface area contributed by atoms with Gasteiger partial charge in [-0.2, -0.15) is 21.6 Å². The molecule has 1 aliphatic rings. The average Bonchev–Trinajstić information content (AvgIpc) is 3.50. The standard InChI is InChI=1S/C16H21N9O8S2.C2HF3O2/c1-16(2,14(28)29)33-22-10(8-6-34-15(18)19-8)12(26)20-11-9(25(13(11)27)35(30,31)32)5-24-4-7(3-17)21-23-24;3-2(4,5)1(6)7/h4,6,9,11H,3,5,17H2,1-2H3,(H2,18,19)(H,20,26)(H,28,29)(H,30,31,32);(H,6,7)/b22-10+;/t9-,11+;/m1./s1. The maximum Gasteiger partial charge on any atom is 0.430 e. The van der Waals surface area contributed by atoms with Gasteiger partial charge in [0.25, 0.3) is 11.8 Å². The molecule has 42 heavy (non-hydrogen) atoms. The Morgan fingerprint density at radius 1 is 1.33 bits per heavy atom. The summed E-state index contributed by atoms with van der Waals surface area (Å²) in [5.41, 5.74) is 7.35. The number of oxime groups is 1. The summed E-state index contributed by atoms with van der Waals surface area (Å²) in [6.45, 7) is 2.44. The van der Waals surface area contributed by atoms with Crippen molar-refractivity contribution in [1.29, 1.82) is 0 Å². The lowest BCUT2D eigenvalue weighted by Crippen LogP contribution is -2.73. The summed E-state index contributed by atoms with van der Waals surface area (Å²) >= 11 is 0.962. The molecule has 0 bridgehead atoms. The number of hydrogen-bond acceptors (Lipinski definition) is 14. The van der Waals surface area contributed by atoms with Gasteiger partial charge in [-0.3, -0.25) is 14.1 Å². The molecule has 0 radical (unpaired) electrons. The molecule has 19 nitrogen and oxygen atoms in total. The Balaban J connectivity index is 0.000000782. The molecule has 0 aliphatic carbocycles. The van der Waals surface area contributed by atoms with Crippen molar-refractivity contribution in [3.63, 3.8) is 0 Å². The molecule has 1 fully saturated rings. The molecular weight excluding hydrogens is 623 g/mol. The van der Waals surface area contributed by atoms with E-state index in [2.05, 4.69) is 31.5 Å². The predicted molar refractivity (Wildman–Crippen MR) is 128 cm³/mol. The number of aromatic nitrogens is 4. The van der Waals surface area contributed by atoms with Crippen molar-refractivity contribution in [2.75, 3.05) is 5.73 Å². The van der Waals surface area contributed by atoms with Crippen LogP contribution in [0.1, 0.15) is 25.2 Å². The maximum absolute atomic E-state index is 13.0. The van der Waals surface area contributed by atoms with Gasteiger partial charge in [-0.15, -0.1) is 16.4 Å². The number of hydrogen-bond donors (Lipinski definition) is 5. The van der Waals surface area contributed by atoms with Crippen molar-refractivity contribution in [1.82, 2.24) is 29.6 Å². The second-order valence-corrected chi connectivity index (χ2v) is 10.7. The minimum Gasteiger partial charge on any atom is -0.542 e. The van der Waals surface area contributed by atoms with E-state index in [0.29, 0.717) is 12.2 Å². The molecule has 3 heterocycles. The summed E-state index contributed by atoms with van der Waals surface area (Å²) in [6, 6.07) is -2.69. The molecule has 2 amide bonds. The van der Waals surface area contributed by atoms with Crippen LogP contribution in [0.2, 0.25) is 0 Å². The SMILES string of the molecule is CC(C)(O/N=C(/C(=O)N[C@@H]1C(=O)N(S(=O)(=O)O)[C@@H]1Cn1cc(C[NH3+])nn1)c1csc(N)n1)C(=O)O.O=C([O-])C(F)(F)F. The third kappa shape index (κ3) is 8.30. The molecule has 0 saturated carbocycles. The smallest absolute Gasteiger partial charge is 0.430 e. The van der Waals surface area contributed by atoms with Crippen LogP contribution < -0.4 is 21.9 Å². The van der Waals surface area contributed by atoms with Gasteiger partial charge in [0.2, 0.25) is 5.60 Å². The van der Waals surface area contributed by atoms with Gasteiger partial charge in [0.15, 0.2) is 10.8 Å². The van der Waals surface area contributed by atoms with Crippen molar-refractivity contribution in [2.24, 2.45) is 5.16 Å². The number of nitrogens with one attached hydrogen (secondary N) is 1. The van der Waals surface area contributed by atoms with Gasteiger partial charge in [-0.05, 0) is 13.8 Å². The number of nitrogens with zero attached hydrogens (tertiary/aromatic N) is 6. The molecule has 0 unspecified atom stereocenters. The largest absolute Gasteiger partial charge is 0.542 e. The lowest BCUT2D eigenvalue weighted by Gasteiger charge is -2.43. The minimum absolute atomic E-state index is 0.0699. The third-order valence-electron chi connectivity index (χ3n) is 5.01. The normalized spacial score (nSPS) is 17.5. The van der Waals surface area contributed by atoms with Crippen molar-refractivity contribution < 1.29 is 66.1 Å². The van der Waals surface area contributed by atoms with E-state index in [-0.39, 0.29) is 21.7 Å². The van der Waals surface area contributed by atoms with Crippen LogP contribution >= 0.6 is 11.3 Å². The first-order valence-electron chi connectivity index (χ1n) is 11.0. The first kappa shape index (κ1) is 33.8. The van der Waals surface area contributed by atoms with Gasteiger partial charge in [0.1, 0.15) is 29.9 Å². The molecule has 232 valence electrons. The summed E-state index contributed by atoms with van der Waals surface area (Å²) in [5, 5.41) is 33.0. The second-order valence-electron chi connectivity index (χ2n) is 8.52. The summed E-state index contributed by atoms with van der Waals surface area (Å²) in [4.78, 5) is 54.6. The fourth-order valence-corrected chi connectivity index (χ4v) is 4.30. The summed E-state index contributed by atoms with van der Waals surface area (Å²) < 4.78 is 65.9. The van der Waals surface area contributed by atoms with Crippen LogP contribution in [0.5, 0.6) is 0 Å². The van der Waals surface area contributed by atoms with E-state index in [4.69, 9.17) is 20.5 Å². The number of rotatable bonds is 10. The number of aliphatic carboxylic acids is 2. The van der Waals surface area contributed by atoms with Crippen LogP contribution in [0, 0.1) is 0 Å². The second kappa shape index (κ2) is 12.6. The van der Waals surface area contributed by atoms with E-state index >= 15 is 0 Å². The molecule has 8 N–H and O–H groups in total. The zero-order valence-corrected chi connectivity index (χ0v) is 22.9. The summed E-state index contributed by atoms with van der Waals surface area (Å²) in [5.74, 6) is -6.53. The molecule has 2 aromatic heterocycles. The number of nitrogen functional groups attached to an aromatic ring is 1. The van der Waals surface area contributed by atoms with Crippen LogP contribution in [0.4, 0.5) is 18.3 Å². The number of carbonyl (C=O) groups is 4. The number of anilines is 1. The number of halogens is 3. The predicted octanol–water partition coefficient (Wildman–Crippen LogP) is -3.86. The van der Waals surface area contributed by atoms with Crippen molar-refractivity contribution in [3.05, 3.63) is 23.0 Å². The number of carboxylic acid groups (broad SMARTS) is 2. The Morgan fingerprint density at radius 3 is 2.36 bits per heavy atom. The van der Waals surface area contributed by atoms with Crippen molar-refractivity contribution >= 4 is 56.2 Å². The number of carboxylic acids is 2. The highest BCUT2D eigenvalue weighted by atomic mass is 32.2. The summed E-state index contributed by atoms with van der Waals surface area (Å²) in [7, 11) is -4.95. The molecule has 0 aromatic carbocycles. The van der Waals surface area contributed by atoms with Crippen LogP contribution in [-0.2, 0) is 47.4 Å². The van der Waals surface area contributed by atoms with Gasteiger partial charge in [0.05, 0.1) is 18.8 Å². The number of β-lactam (4-membered cyclic amide) rings is 1. The number of carbonyl (C=O) groups excluding carboxylic acids is 3. The lowest BCUT2D eigenvalue weighted by molar-refractivity contribution is -0.387. The maximum atomic E-state index is 13.0. The van der Waals surface area contributed by atoms with E-state index in [0.717, 1.165) is 11.3 Å². The van der Waals surface area contributed by atoms with E-state index < -0.39 is 63.6 Å². The molecule has 2 atom stereocenters. The Labute approximate surface area is 236 Å². The zero-order valence-electron chi connectivity index (χ0n) is 21.3. The van der Waals surface area contributed by atoms with Gasteiger partial charge < -0.3 is 36.6 Å². The quantitative estimate of drug-likeness (QED) is 0.0715. The van der Waals surface area contributed by atoms with Crippen LogP contribution in [0.15, 0.2) is 16.7 Å². The molecule has 1 aliphatic heterocycles. The Hall–Kier alpha value is -4.42. The van der Waals surface area contributed by atoms with Crippen molar-refractivity contribution in [2.45, 2.75) is 50.8 Å². The van der Waals surface area contributed by atoms with E-state index in [1.165, 1.54) is 30.1 Å². The molecule has 2 aromatic rings. The monoisotopic (exact) mass is 645 g/mol. The highest BCUT2D eigenvalue weighted by Gasteiger charge is 2.54. The van der Waals surface area contributed by atoms with Crippen LogP contribution in [0.25, 0.3) is 0 Å². The fraction of sp³-hybridized carbons (Fsp3) is 0.444. The van der Waals surface area contributed by atoms with Gasteiger partial charge in [-0.25, -0.2) is 18.8 Å². The minimum atomic E-state index is -5.19. The number of alkyl halides is 3. The van der Waals surface area contributed by atoms with E-state index in [1.807, 2.05) is 0 Å². The van der Waals surface area contributed by atoms with Crippen molar-refractivity contribution in [3.8, 4) is 0 Å². The van der Waals surface area contributed by atoms with Crippen LogP contribution in [0.3, 0.4) is 0 Å². The fourth-order valence-electron chi connectivity index (χ4n) is 2.88. The van der Waals surface area contributed by atoms with E-state index in [1.54, 1.807) is 0 Å². The molecule has 0 spiro atoms. The Morgan fingerprint density at radius 2 is 1.93 bits per heavy atom. The number of nitrogens with two attached hydrogens (primary N) is 1. The topological polar surface area (TPSA) is 300 Å². The van der Waals surface area contributed by atoms with Gasteiger partial charge in [0, 0.05) is 5.38 Å². The Bertz CT molecular complexity index is 1490. The number of amides is 2. The Kier molecular flexibility index (Phi) is 10.2. The highest BCUT2D eigenvalue weighted by molar-refractivity contribution is 7.84. The molecule has 1 saturated heterocycles. The van der Waals surface area contributed by atoms with Gasteiger partial charge >= 0.3 is 22.4 Å². The van der Waals surface area contributed by atoms with Gasteiger partial charge in [-0.1, -0.05) is 10.4 Å². The highest BCUT2D eigenvalue weighted by Crippen LogP contribution is 2.25. The number of thiazole rings is 1. The van der Waals surface area contributed by atoms with Crippen LogP contribution in [-0.4, -0.2) is 95.7 Å². The first-order chi connectivity index (χ1) is 19.2. The van der Waals surface area contributed by atoms with E-state index in [9.17, 15) is 45.6 Å². The molecule has 24 heteroatoms. The number of quaternary nitrogens is 1. The summed E-state index contributed by atoms with van der Waals surface area (Å²) in [6.07, 6.45) is -3.73. The third-order valence-corrected chi connectivity index (χ3v) is 6.63.